The molecule has 1 saturated heterocycles. The van der Waals surface area contributed by atoms with E-state index in [9.17, 15) is 10.2 Å². The molecular weight excluding hydrogens is 437 g/mol. The lowest BCUT2D eigenvalue weighted by Gasteiger charge is -2.35. The molecule has 1 aliphatic heterocycles. The number of anilines is 1. The van der Waals surface area contributed by atoms with Gasteiger partial charge in [0.05, 0.1) is 12.8 Å². The standard InChI is InChI=1S/C19H32N7O5P/c1-6-7-24-31-32(26(11(2)3)12(4)5)30-17-15(28)14(9-27)29-16(17)13-8-23-25-18(13)21-10-22-19(25)20/h7-8,10-12,14-17,27-28H,6,9H2,1-5H3,(H2,20,21,22)/b24-7+. The van der Waals surface area contributed by atoms with Gasteiger partial charge in [0.2, 0.25) is 5.95 Å². The molecule has 3 heterocycles. The summed E-state index contributed by atoms with van der Waals surface area (Å²) >= 11 is 0. The lowest BCUT2D eigenvalue weighted by molar-refractivity contribution is -0.0224. The lowest BCUT2D eigenvalue weighted by atomic mass is 10.0. The van der Waals surface area contributed by atoms with Crippen molar-refractivity contribution in [2.24, 2.45) is 5.16 Å². The van der Waals surface area contributed by atoms with Crippen molar-refractivity contribution in [3.63, 3.8) is 0 Å². The van der Waals surface area contributed by atoms with Crippen LogP contribution in [0.5, 0.6) is 0 Å². The molecule has 1 fully saturated rings. The van der Waals surface area contributed by atoms with Crippen LogP contribution >= 0.6 is 8.53 Å². The van der Waals surface area contributed by atoms with Crippen molar-refractivity contribution >= 4 is 26.3 Å². The van der Waals surface area contributed by atoms with Gasteiger partial charge in [0.1, 0.15) is 30.7 Å². The number of aliphatic hydroxyl groups excluding tert-OH is 2. The van der Waals surface area contributed by atoms with Gasteiger partial charge in [0.25, 0.3) is 0 Å². The highest BCUT2D eigenvalue weighted by molar-refractivity contribution is 7.44. The Kier molecular flexibility index (Phi) is 8.32. The maximum absolute atomic E-state index is 10.9. The van der Waals surface area contributed by atoms with E-state index in [2.05, 4.69) is 24.9 Å². The van der Waals surface area contributed by atoms with E-state index < -0.39 is 32.9 Å². The van der Waals surface area contributed by atoms with Gasteiger partial charge in [-0.2, -0.15) is 9.61 Å². The number of rotatable bonds is 10. The number of nitrogens with two attached hydrogens (primary N) is 1. The van der Waals surface area contributed by atoms with Crippen LogP contribution < -0.4 is 5.73 Å². The van der Waals surface area contributed by atoms with E-state index in [4.69, 9.17) is 19.6 Å². The highest BCUT2D eigenvalue weighted by atomic mass is 31.2. The maximum Gasteiger partial charge on any atom is 0.347 e. The summed E-state index contributed by atoms with van der Waals surface area (Å²) in [6.45, 7) is 9.71. The van der Waals surface area contributed by atoms with E-state index in [1.807, 2.05) is 34.6 Å². The fraction of sp³-hybridized carbons (Fsp3) is 0.684. The Bertz CT molecular complexity index is 903. The largest absolute Gasteiger partial charge is 0.394 e. The molecular formula is C19H32N7O5P. The molecule has 2 aromatic heterocycles. The molecule has 0 aliphatic carbocycles. The fourth-order valence-electron chi connectivity index (χ4n) is 3.65. The summed E-state index contributed by atoms with van der Waals surface area (Å²) in [6.07, 6.45) is 1.66. The van der Waals surface area contributed by atoms with E-state index >= 15 is 0 Å². The number of oxime groups is 1. The first kappa shape index (κ1) is 24.7. The smallest absolute Gasteiger partial charge is 0.347 e. The Morgan fingerprint density at radius 1 is 1.34 bits per heavy atom. The van der Waals surface area contributed by atoms with Crippen LogP contribution in [-0.4, -0.2) is 77.7 Å². The molecule has 0 radical (unpaired) electrons. The zero-order valence-corrected chi connectivity index (χ0v) is 19.8. The van der Waals surface area contributed by atoms with Gasteiger partial charge in [-0.25, -0.2) is 14.6 Å². The molecule has 0 aromatic carbocycles. The van der Waals surface area contributed by atoms with Crippen LogP contribution in [0.15, 0.2) is 17.7 Å². The molecule has 5 atom stereocenters. The topological polar surface area (TPSA) is 153 Å². The second kappa shape index (κ2) is 10.8. The first-order valence-electron chi connectivity index (χ1n) is 10.6. The summed E-state index contributed by atoms with van der Waals surface area (Å²) in [7, 11) is -1.70. The van der Waals surface area contributed by atoms with Gasteiger partial charge in [-0.3, -0.25) is 0 Å². The minimum atomic E-state index is -1.70. The predicted molar refractivity (Wildman–Crippen MR) is 120 cm³/mol. The predicted octanol–water partition coefficient (Wildman–Crippen LogP) is 1.64. The Morgan fingerprint density at radius 2 is 2.06 bits per heavy atom. The minimum absolute atomic E-state index is 0.0917. The summed E-state index contributed by atoms with van der Waals surface area (Å²) in [4.78, 5) is 8.19. The lowest BCUT2D eigenvalue weighted by Crippen LogP contribution is -2.38. The van der Waals surface area contributed by atoms with Crippen molar-refractivity contribution in [2.45, 2.75) is 77.5 Å². The van der Waals surface area contributed by atoms with E-state index in [0.29, 0.717) is 17.6 Å². The number of hydrogen-bond donors (Lipinski definition) is 3. The minimum Gasteiger partial charge on any atom is -0.394 e. The molecule has 0 amide bonds. The summed E-state index contributed by atoms with van der Waals surface area (Å²) < 4.78 is 21.5. The molecule has 1 aliphatic rings. The number of aliphatic hydroxyl groups is 2. The van der Waals surface area contributed by atoms with Gasteiger partial charge < -0.3 is 29.8 Å². The Morgan fingerprint density at radius 3 is 2.69 bits per heavy atom. The normalized spacial score (nSPS) is 25.1. The quantitative estimate of drug-likeness (QED) is 0.266. The van der Waals surface area contributed by atoms with Gasteiger partial charge in [-0.1, -0.05) is 12.1 Å². The number of fused-ring (bicyclic) bond motifs is 1. The number of ether oxygens (including phenoxy) is 1. The highest BCUT2D eigenvalue weighted by Gasteiger charge is 2.49. The third-order valence-electron chi connectivity index (χ3n) is 5.01. The monoisotopic (exact) mass is 469 g/mol. The van der Waals surface area contributed by atoms with E-state index in [1.54, 1.807) is 12.4 Å². The fourth-order valence-corrected chi connectivity index (χ4v) is 5.22. The van der Waals surface area contributed by atoms with Gasteiger partial charge in [-0.05, 0) is 34.1 Å². The van der Waals surface area contributed by atoms with Crippen molar-refractivity contribution in [1.29, 1.82) is 0 Å². The van der Waals surface area contributed by atoms with Gasteiger partial charge in [0, 0.05) is 23.9 Å². The Hall–Kier alpha value is -1.95. The van der Waals surface area contributed by atoms with Crippen LogP contribution in [0.4, 0.5) is 5.95 Å². The number of aromatic nitrogens is 4. The van der Waals surface area contributed by atoms with Crippen LogP contribution in [-0.2, 0) is 13.9 Å². The molecule has 32 heavy (non-hydrogen) atoms. The van der Waals surface area contributed by atoms with E-state index in [0.717, 1.165) is 0 Å². The third-order valence-corrected chi connectivity index (χ3v) is 6.97. The molecule has 0 saturated carbocycles. The highest BCUT2D eigenvalue weighted by Crippen LogP contribution is 2.51. The van der Waals surface area contributed by atoms with Crippen molar-refractivity contribution < 1.29 is 24.1 Å². The average Bonchev–Trinajstić information content (AvgIpc) is 3.30. The van der Waals surface area contributed by atoms with Gasteiger partial charge in [-0.15, -0.1) is 0 Å². The molecule has 3 rings (SSSR count). The molecule has 0 bridgehead atoms. The average molecular weight is 469 g/mol. The summed E-state index contributed by atoms with van der Waals surface area (Å²) in [5.74, 6) is 0.168. The maximum atomic E-state index is 10.9. The number of hydrogen-bond acceptors (Lipinski definition) is 11. The molecule has 0 spiro atoms. The zero-order valence-electron chi connectivity index (χ0n) is 18.9. The van der Waals surface area contributed by atoms with Crippen LogP contribution in [0.1, 0.15) is 52.7 Å². The van der Waals surface area contributed by atoms with Crippen LogP contribution in [0, 0.1) is 0 Å². The third kappa shape index (κ3) is 5.00. The van der Waals surface area contributed by atoms with Crippen LogP contribution in [0.3, 0.4) is 0 Å². The van der Waals surface area contributed by atoms with Crippen molar-refractivity contribution in [1.82, 2.24) is 24.3 Å². The van der Waals surface area contributed by atoms with Crippen LogP contribution in [0.25, 0.3) is 5.65 Å². The van der Waals surface area contributed by atoms with Crippen LogP contribution in [0.2, 0.25) is 0 Å². The molecule has 2 aromatic rings. The van der Waals surface area contributed by atoms with E-state index in [1.165, 1.54) is 10.8 Å². The summed E-state index contributed by atoms with van der Waals surface area (Å²) in [5.41, 5.74) is 6.88. The van der Waals surface area contributed by atoms with E-state index in [-0.39, 0.29) is 24.6 Å². The molecule has 178 valence electrons. The van der Waals surface area contributed by atoms with Gasteiger partial charge >= 0.3 is 8.53 Å². The first-order chi connectivity index (χ1) is 15.3. The molecule has 4 N–H and O–H groups in total. The number of nitrogen functional groups attached to an aromatic ring is 1. The zero-order chi connectivity index (χ0) is 23.4. The molecule has 13 heteroatoms. The Balaban J connectivity index is 1.97. The first-order valence-corrected chi connectivity index (χ1v) is 11.8. The van der Waals surface area contributed by atoms with Crippen molar-refractivity contribution in [2.75, 3.05) is 12.3 Å². The summed E-state index contributed by atoms with van der Waals surface area (Å²) in [6, 6.07) is 0.183. The summed E-state index contributed by atoms with van der Waals surface area (Å²) in [5, 5.41) is 29.0. The van der Waals surface area contributed by atoms with Crippen molar-refractivity contribution in [3.8, 4) is 0 Å². The second-order valence-electron chi connectivity index (χ2n) is 7.99. The van der Waals surface area contributed by atoms with Crippen molar-refractivity contribution in [3.05, 3.63) is 18.1 Å². The molecule has 5 unspecified atom stereocenters. The Labute approximate surface area is 188 Å². The molecule has 12 nitrogen and oxygen atoms in total. The second-order valence-corrected chi connectivity index (χ2v) is 9.30. The number of nitrogens with zero attached hydrogens (tertiary/aromatic N) is 6. The van der Waals surface area contributed by atoms with Gasteiger partial charge in [0.15, 0.2) is 5.65 Å². The SMILES string of the molecule is CC/C=N/OP(OC1C(c2cnn3c(N)ncnc23)OC(CO)C1O)N(C(C)C)C(C)C.